The van der Waals surface area contributed by atoms with Crippen LogP contribution in [0.1, 0.15) is 75.2 Å². The number of hydrogen-bond donors (Lipinski definition) is 0. The number of fused-ring (bicyclic) bond motifs is 5. The zero-order valence-corrected chi connectivity index (χ0v) is 11.0. The Hall–Kier alpha value is -0.920. The highest BCUT2D eigenvalue weighted by Crippen LogP contribution is 2.67. The quantitative estimate of drug-likeness (QED) is 0.735. The van der Waals surface area contributed by atoms with Gasteiger partial charge in [0, 0.05) is 11.3 Å². The van der Waals surface area contributed by atoms with Crippen LogP contribution in [-0.4, -0.2) is 10.2 Å². The van der Waals surface area contributed by atoms with Gasteiger partial charge in [0.25, 0.3) is 0 Å². The van der Waals surface area contributed by atoms with Gasteiger partial charge in [0.1, 0.15) is 0 Å². The lowest BCUT2D eigenvalue weighted by molar-refractivity contribution is 0.226. The van der Waals surface area contributed by atoms with E-state index in [1.165, 1.54) is 42.6 Å². The molecule has 2 heteroatoms. The number of aromatic nitrogens is 2. The Balaban J connectivity index is 1.90. The first-order valence-electron chi connectivity index (χ1n) is 6.92. The van der Waals surface area contributed by atoms with Gasteiger partial charge in [-0.1, -0.05) is 20.8 Å². The highest BCUT2D eigenvalue weighted by molar-refractivity contribution is 5.45. The highest BCUT2D eigenvalue weighted by Gasteiger charge is 2.60. The number of hydrogen-bond acceptors (Lipinski definition) is 2. The molecule has 0 spiro atoms. The molecular weight excluding hydrogens is 208 g/mol. The van der Waals surface area contributed by atoms with Crippen LogP contribution in [0.3, 0.4) is 0 Å². The van der Waals surface area contributed by atoms with Crippen molar-refractivity contribution in [1.82, 2.24) is 10.2 Å². The van der Waals surface area contributed by atoms with Crippen molar-refractivity contribution >= 4 is 0 Å². The maximum absolute atomic E-state index is 4.62. The average molecular weight is 228 g/mol. The molecule has 17 heavy (non-hydrogen) atoms. The summed E-state index contributed by atoms with van der Waals surface area (Å²) in [5.74, 6) is 1.44. The van der Waals surface area contributed by atoms with Crippen molar-refractivity contribution in [3.05, 3.63) is 23.0 Å². The average Bonchev–Trinajstić information content (AvgIpc) is 3.07. The van der Waals surface area contributed by atoms with Gasteiger partial charge in [-0.3, -0.25) is 0 Å². The van der Waals surface area contributed by atoms with Gasteiger partial charge in [-0.15, -0.1) is 0 Å². The topological polar surface area (TPSA) is 25.8 Å². The van der Waals surface area contributed by atoms with Crippen LogP contribution >= 0.6 is 0 Å². The third-order valence-electron chi connectivity index (χ3n) is 5.96. The fourth-order valence-electron chi connectivity index (χ4n) is 4.16. The molecule has 1 heterocycles. The number of rotatable bonds is 1. The van der Waals surface area contributed by atoms with Gasteiger partial charge >= 0.3 is 0 Å². The lowest BCUT2D eigenvalue weighted by atomic mass is 9.70. The van der Waals surface area contributed by atoms with E-state index in [2.05, 4.69) is 37.0 Å². The van der Waals surface area contributed by atoms with Crippen molar-refractivity contribution in [2.75, 3.05) is 0 Å². The van der Waals surface area contributed by atoms with Gasteiger partial charge in [-0.25, -0.2) is 0 Å². The summed E-state index contributed by atoms with van der Waals surface area (Å²) in [6, 6.07) is 2.39. The molecule has 0 N–H and O–H groups in total. The van der Waals surface area contributed by atoms with Crippen LogP contribution in [0.2, 0.25) is 0 Å². The van der Waals surface area contributed by atoms with Gasteiger partial charge < -0.3 is 0 Å². The summed E-state index contributed by atoms with van der Waals surface area (Å²) in [7, 11) is 0. The minimum atomic E-state index is 0.266. The molecule has 4 rings (SSSR count). The zero-order valence-electron chi connectivity index (χ0n) is 11.0. The SMILES string of the molecule is CC1(C)[C@@H]2CC[C@]1(C)c1nnc(C3CC3)cc12. The first-order valence-corrected chi connectivity index (χ1v) is 6.92. The van der Waals surface area contributed by atoms with Crippen molar-refractivity contribution in [3.8, 4) is 0 Å². The molecule has 1 aromatic heterocycles. The van der Waals surface area contributed by atoms with Crippen molar-refractivity contribution in [1.29, 1.82) is 0 Å². The van der Waals surface area contributed by atoms with Crippen LogP contribution < -0.4 is 0 Å². The van der Waals surface area contributed by atoms with E-state index in [0.717, 1.165) is 11.8 Å². The van der Waals surface area contributed by atoms with Crippen LogP contribution in [0.5, 0.6) is 0 Å². The lowest BCUT2D eigenvalue weighted by Gasteiger charge is -2.33. The molecule has 2 bridgehead atoms. The van der Waals surface area contributed by atoms with Crippen molar-refractivity contribution in [2.45, 2.75) is 63.7 Å². The van der Waals surface area contributed by atoms with E-state index in [1.807, 2.05) is 0 Å². The highest BCUT2D eigenvalue weighted by atomic mass is 15.1. The molecule has 1 aromatic rings. The summed E-state index contributed by atoms with van der Waals surface area (Å²) in [4.78, 5) is 0. The maximum Gasteiger partial charge on any atom is 0.0730 e. The molecule has 90 valence electrons. The van der Waals surface area contributed by atoms with Crippen LogP contribution in [0.25, 0.3) is 0 Å². The summed E-state index contributed by atoms with van der Waals surface area (Å²) in [6.07, 6.45) is 5.26. The minimum Gasteiger partial charge on any atom is -0.155 e. The Labute approximate surface area is 103 Å². The molecule has 0 aliphatic heterocycles. The molecule has 0 unspecified atom stereocenters. The normalized spacial score (nSPS) is 37.2. The molecule has 2 saturated carbocycles. The fourth-order valence-corrected chi connectivity index (χ4v) is 4.16. The summed E-state index contributed by atoms with van der Waals surface area (Å²) in [5.41, 5.74) is 4.73. The summed E-state index contributed by atoms with van der Waals surface area (Å²) >= 11 is 0. The van der Waals surface area contributed by atoms with Crippen molar-refractivity contribution < 1.29 is 0 Å². The first-order chi connectivity index (χ1) is 8.04. The third kappa shape index (κ3) is 1.03. The molecule has 2 nitrogen and oxygen atoms in total. The Bertz CT molecular complexity index is 502. The molecule has 3 aliphatic carbocycles. The standard InChI is InChI=1S/C15H20N2/c1-14(2)11-6-7-15(14,3)13-10(11)8-12(16-17-13)9-4-5-9/h8-9,11H,4-7H2,1-3H3/t11-,15-/m1/s1. The molecule has 3 aliphatic rings. The molecule has 0 amide bonds. The first kappa shape index (κ1) is 10.0. The van der Waals surface area contributed by atoms with Crippen molar-refractivity contribution in [2.24, 2.45) is 5.41 Å². The Kier molecular flexibility index (Phi) is 1.61. The maximum atomic E-state index is 4.62. The Morgan fingerprint density at radius 3 is 2.59 bits per heavy atom. The molecular formula is C15H20N2. The molecule has 0 saturated heterocycles. The summed E-state index contributed by atoms with van der Waals surface area (Å²) in [5, 5.41) is 9.11. The summed E-state index contributed by atoms with van der Waals surface area (Å²) in [6.45, 7) is 7.23. The van der Waals surface area contributed by atoms with E-state index in [4.69, 9.17) is 0 Å². The second-order valence-corrected chi connectivity index (χ2v) is 6.99. The molecule has 0 radical (unpaired) electrons. The largest absolute Gasteiger partial charge is 0.155 e. The minimum absolute atomic E-state index is 0.266. The predicted molar refractivity (Wildman–Crippen MR) is 67.1 cm³/mol. The Morgan fingerprint density at radius 1 is 1.12 bits per heavy atom. The van der Waals surface area contributed by atoms with E-state index >= 15 is 0 Å². The second-order valence-electron chi connectivity index (χ2n) is 6.99. The predicted octanol–water partition coefficient (Wildman–Crippen LogP) is 3.53. The summed E-state index contributed by atoms with van der Waals surface area (Å²) < 4.78 is 0. The molecule has 2 fully saturated rings. The van der Waals surface area contributed by atoms with Gasteiger partial charge in [0.2, 0.25) is 0 Å². The van der Waals surface area contributed by atoms with E-state index in [0.29, 0.717) is 5.41 Å². The second kappa shape index (κ2) is 2.73. The monoisotopic (exact) mass is 228 g/mol. The van der Waals surface area contributed by atoms with Crippen LogP contribution in [0.4, 0.5) is 0 Å². The smallest absolute Gasteiger partial charge is 0.0730 e. The zero-order chi connectivity index (χ0) is 11.8. The lowest BCUT2D eigenvalue weighted by Crippen LogP contribution is -2.32. The van der Waals surface area contributed by atoms with E-state index < -0.39 is 0 Å². The van der Waals surface area contributed by atoms with E-state index in [-0.39, 0.29) is 5.41 Å². The van der Waals surface area contributed by atoms with Gasteiger partial charge in [-0.2, -0.15) is 10.2 Å². The Morgan fingerprint density at radius 2 is 1.88 bits per heavy atom. The third-order valence-corrected chi connectivity index (χ3v) is 5.96. The van der Waals surface area contributed by atoms with Crippen molar-refractivity contribution in [3.63, 3.8) is 0 Å². The molecule has 0 aromatic carbocycles. The van der Waals surface area contributed by atoms with Gasteiger partial charge in [0.15, 0.2) is 0 Å². The van der Waals surface area contributed by atoms with Crippen LogP contribution in [0.15, 0.2) is 6.07 Å². The number of nitrogens with zero attached hydrogens (tertiary/aromatic N) is 2. The van der Waals surface area contributed by atoms with Gasteiger partial charge in [-0.05, 0) is 48.6 Å². The van der Waals surface area contributed by atoms with E-state index in [9.17, 15) is 0 Å². The fraction of sp³-hybridized carbons (Fsp3) is 0.733. The molecule has 2 atom stereocenters. The van der Waals surface area contributed by atoms with E-state index in [1.54, 1.807) is 0 Å². The van der Waals surface area contributed by atoms with Gasteiger partial charge in [0.05, 0.1) is 11.4 Å². The van der Waals surface area contributed by atoms with Crippen LogP contribution in [-0.2, 0) is 5.41 Å². The van der Waals surface area contributed by atoms with Crippen LogP contribution in [0, 0.1) is 5.41 Å².